The summed E-state index contributed by atoms with van der Waals surface area (Å²) in [7, 11) is 0. The van der Waals surface area contributed by atoms with E-state index in [1.54, 1.807) is 0 Å². The number of aliphatic carboxylic acids is 2. The zero-order valence-electron chi connectivity index (χ0n) is 68.0. The Kier molecular flexibility index (Phi) is 58.5. The van der Waals surface area contributed by atoms with Gasteiger partial charge in [-0.15, -0.1) is 0 Å². The molecule has 0 aromatic heterocycles. The first-order chi connectivity index (χ1) is 44.6. The Balaban J connectivity index is 0. The third kappa shape index (κ3) is 55.9. The van der Waals surface area contributed by atoms with E-state index >= 15 is 0 Å². The minimum Gasteiger partial charge on any atom is -0.480 e. The molecule has 7 fully saturated rings. The van der Waals surface area contributed by atoms with E-state index in [2.05, 4.69) is 205 Å². The molecule has 14 nitrogen and oxygen atoms in total. The van der Waals surface area contributed by atoms with Gasteiger partial charge in [0.1, 0.15) is 12.1 Å². The normalized spacial score (nSPS) is 22.8. The molecular weight excluding hydrogens is 1180 g/mol. The van der Waals surface area contributed by atoms with Crippen molar-refractivity contribution in [3.05, 3.63) is 0 Å². The molecular formula is C81H170N8O6. The fourth-order valence-corrected chi connectivity index (χ4v) is 14.2. The van der Waals surface area contributed by atoms with Gasteiger partial charge in [-0.3, -0.25) is 19.4 Å². The van der Waals surface area contributed by atoms with Gasteiger partial charge in [-0.1, -0.05) is 179 Å². The summed E-state index contributed by atoms with van der Waals surface area (Å²) < 4.78 is 0. The van der Waals surface area contributed by atoms with E-state index in [-0.39, 0.29) is 18.7 Å². The lowest BCUT2D eigenvalue weighted by atomic mass is 9.98. The Labute approximate surface area is 593 Å². The molecule has 7 aliphatic heterocycles. The zero-order valence-corrected chi connectivity index (χ0v) is 68.0. The van der Waals surface area contributed by atoms with Crippen molar-refractivity contribution >= 4 is 11.9 Å². The highest BCUT2D eigenvalue weighted by Gasteiger charge is 2.32. The van der Waals surface area contributed by atoms with Gasteiger partial charge >= 0.3 is 11.9 Å². The Morgan fingerprint density at radius 3 is 0.884 bits per heavy atom. The van der Waals surface area contributed by atoms with Crippen LogP contribution < -0.4 is 0 Å². The lowest BCUT2D eigenvalue weighted by molar-refractivity contribution is -0.143. The molecule has 14 heteroatoms. The first-order valence-electron chi connectivity index (χ1n) is 40.1. The van der Waals surface area contributed by atoms with E-state index < -0.39 is 11.9 Å². The molecule has 95 heavy (non-hydrogen) atoms. The molecule has 7 aliphatic rings. The Morgan fingerprint density at radius 2 is 0.653 bits per heavy atom. The number of piperidine rings is 2. The van der Waals surface area contributed by atoms with Crippen molar-refractivity contribution in [2.24, 2.45) is 82.9 Å². The Morgan fingerprint density at radius 1 is 0.358 bits per heavy atom. The van der Waals surface area contributed by atoms with Crippen LogP contribution in [0.2, 0.25) is 0 Å². The molecule has 570 valence electrons. The van der Waals surface area contributed by atoms with Crippen LogP contribution in [0.15, 0.2) is 0 Å². The lowest BCUT2D eigenvalue weighted by Crippen LogP contribution is -2.38. The lowest BCUT2D eigenvalue weighted by Gasteiger charge is -2.31. The molecule has 0 aliphatic carbocycles. The highest BCUT2D eigenvalue weighted by molar-refractivity contribution is 5.74. The smallest absolute Gasteiger partial charge is 0.320 e. The monoisotopic (exact) mass is 1350 g/mol. The molecule has 0 aromatic carbocycles. The predicted octanol–water partition coefficient (Wildman–Crippen LogP) is 16.2. The highest BCUT2D eigenvalue weighted by atomic mass is 16.4. The van der Waals surface area contributed by atoms with Crippen LogP contribution >= 0.6 is 0 Å². The predicted molar refractivity (Wildman–Crippen MR) is 413 cm³/mol. The molecule has 0 aromatic rings. The summed E-state index contributed by atoms with van der Waals surface area (Å²) in [4.78, 5) is 40.9. The maximum absolute atomic E-state index is 10.8. The Bertz CT molecular complexity index is 1600. The maximum atomic E-state index is 10.8. The summed E-state index contributed by atoms with van der Waals surface area (Å²) in [5, 5.41) is 34.8. The molecule has 7 saturated heterocycles. The molecule has 7 rings (SSSR count). The Hall–Kier alpha value is -1.46. The van der Waals surface area contributed by atoms with Crippen LogP contribution in [0.1, 0.15) is 262 Å². The number of aliphatic hydroxyl groups excluding tert-OH is 2. The van der Waals surface area contributed by atoms with Crippen molar-refractivity contribution in [2.75, 3.05) is 157 Å². The molecule has 0 saturated carbocycles. The fourth-order valence-electron chi connectivity index (χ4n) is 14.2. The van der Waals surface area contributed by atoms with Crippen LogP contribution in [0.25, 0.3) is 0 Å². The molecule has 0 radical (unpaired) electrons. The molecule has 0 amide bonds. The number of hydrogen-bond donors (Lipinski definition) is 4. The van der Waals surface area contributed by atoms with E-state index in [1.807, 2.05) is 0 Å². The van der Waals surface area contributed by atoms with Crippen molar-refractivity contribution in [3.8, 4) is 0 Å². The molecule has 5 unspecified atom stereocenters. The summed E-state index contributed by atoms with van der Waals surface area (Å²) in [5.41, 5.74) is 0. The number of carbonyl (C=O) groups is 2. The van der Waals surface area contributed by atoms with Gasteiger partial charge in [-0.25, -0.2) is 0 Å². The third-order valence-corrected chi connectivity index (χ3v) is 18.7. The summed E-state index contributed by atoms with van der Waals surface area (Å²) in [6.07, 6.45) is 18.1. The summed E-state index contributed by atoms with van der Waals surface area (Å²) in [5.74, 6) is 10.3. The number of nitrogens with zero attached hydrogens (tertiary/aromatic N) is 8. The van der Waals surface area contributed by atoms with Crippen LogP contribution in [0.3, 0.4) is 0 Å². The number of carboxylic acids is 2. The molecule has 0 spiro atoms. The molecule has 4 N–H and O–H groups in total. The minimum atomic E-state index is -0.659. The van der Waals surface area contributed by atoms with Crippen molar-refractivity contribution in [2.45, 2.75) is 275 Å². The van der Waals surface area contributed by atoms with Crippen LogP contribution in [-0.2, 0) is 9.59 Å². The van der Waals surface area contributed by atoms with Crippen molar-refractivity contribution in [3.63, 3.8) is 0 Å². The largest absolute Gasteiger partial charge is 0.480 e. The average molecular weight is 1350 g/mol. The highest BCUT2D eigenvalue weighted by Crippen LogP contribution is 2.23. The second kappa shape index (κ2) is 58.1. The number of carboxylic acid groups (broad SMARTS) is 2. The first-order valence-corrected chi connectivity index (χ1v) is 40.1. The molecule has 0 bridgehead atoms. The number of likely N-dealkylation sites (tertiary alicyclic amines) is 7. The van der Waals surface area contributed by atoms with Gasteiger partial charge in [-0.2, -0.15) is 0 Å². The minimum absolute atomic E-state index is 0.215. The first kappa shape index (κ1) is 95.6. The average Bonchev–Trinajstić information content (AvgIpc) is 1.85. The van der Waals surface area contributed by atoms with Crippen LogP contribution in [0.5, 0.6) is 0 Å². The maximum Gasteiger partial charge on any atom is 0.320 e. The van der Waals surface area contributed by atoms with Gasteiger partial charge < -0.3 is 49.8 Å². The number of aliphatic hydroxyl groups is 2. The summed E-state index contributed by atoms with van der Waals surface area (Å²) in [6, 6.07) is -0.431. The number of hydrogen-bond acceptors (Lipinski definition) is 12. The van der Waals surface area contributed by atoms with Crippen LogP contribution in [-0.4, -0.2) is 241 Å². The number of unbranched alkanes of at least 4 members (excludes halogenated alkanes) is 1. The van der Waals surface area contributed by atoms with E-state index in [0.717, 1.165) is 143 Å². The second-order valence-corrected chi connectivity index (χ2v) is 34.7. The van der Waals surface area contributed by atoms with Gasteiger partial charge in [0.25, 0.3) is 0 Å². The van der Waals surface area contributed by atoms with Crippen LogP contribution in [0, 0.1) is 82.9 Å². The van der Waals surface area contributed by atoms with Gasteiger partial charge in [0.15, 0.2) is 0 Å². The standard InChI is InChI=1S/2C10H21N.2C9H17NO2.C9H21NO.3C9H19N.C7H16O/c2*1-9(2)8-11-6-4-10(3)5-7-11;2*1-7(2)6-10-5-3-4-8(10)9(11)12;1-4-5-10(6-7-11)8-9(2)3;3*1-8(2)6-10-5-4-9(3)7-10;1-7(2)5-3-4-6-8/h2*9-10H,4-8H2,1-3H3;2*7-8H,3-6H2,1-2H3,(H,11,12);9,11H,4-8H2,1-3H3;3*8-9H,4-7H2,1-3H3;7-8H,3-6H2,1-2H3. The van der Waals surface area contributed by atoms with Gasteiger partial charge in [0, 0.05) is 85.1 Å². The molecule has 7 heterocycles. The quantitative estimate of drug-likeness (QED) is 0.0611. The second-order valence-electron chi connectivity index (χ2n) is 34.7. The summed E-state index contributed by atoms with van der Waals surface area (Å²) >= 11 is 0. The van der Waals surface area contributed by atoms with E-state index in [1.165, 1.54) is 162 Å². The third-order valence-electron chi connectivity index (χ3n) is 18.7. The van der Waals surface area contributed by atoms with E-state index in [4.69, 9.17) is 20.4 Å². The van der Waals surface area contributed by atoms with Crippen molar-refractivity contribution in [1.29, 1.82) is 0 Å². The summed E-state index contributed by atoms with van der Waals surface area (Å²) in [6.45, 7) is 81.5. The van der Waals surface area contributed by atoms with Gasteiger partial charge in [0.2, 0.25) is 0 Å². The molecule has 5 atom stereocenters. The van der Waals surface area contributed by atoms with Crippen molar-refractivity contribution in [1.82, 2.24) is 39.2 Å². The van der Waals surface area contributed by atoms with Gasteiger partial charge in [0.05, 0.1) is 6.61 Å². The SMILES string of the molecule is CC(C)CCCCO.CC(C)CN1CCC(C)C1.CC(C)CN1CCC(C)C1.CC(C)CN1CCC(C)C1.CC(C)CN1CCC(C)CC1.CC(C)CN1CCC(C)CC1.CC(C)CN1CCCC1C(=O)O.CC(C)CN1CCCC1C(=O)O.CCCN(CCO)CC(C)C. The number of rotatable bonds is 26. The van der Waals surface area contributed by atoms with Crippen molar-refractivity contribution < 1.29 is 30.0 Å². The fraction of sp³-hybridized carbons (Fsp3) is 0.975. The van der Waals surface area contributed by atoms with E-state index in [0.29, 0.717) is 24.4 Å². The van der Waals surface area contributed by atoms with Gasteiger partial charge in [-0.05, 0) is 232 Å². The van der Waals surface area contributed by atoms with E-state index in [9.17, 15) is 9.59 Å². The zero-order chi connectivity index (χ0) is 72.6. The van der Waals surface area contributed by atoms with Crippen LogP contribution in [0.4, 0.5) is 0 Å². The topological polar surface area (TPSA) is 141 Å².